The summed E-state index contributed by atoms with van der Waals surface area (Å²) in [5.74, 6) is -0.575. The maximum absolute atomic E-state index is 14.0. The molecule has 11 heteroatoms. The molecule has 43 heavy (non-hydrogen) atoms. The van der Waals surface area contributed by atoms with E-state index in [0.29, 0.717) is 18.8 Å². The van der Waals surface area contributed by atoms with E-state index in [1.165, 1.54) is 45.0 Å². The highest BCUT2D eigenvalue weighted by Gasteiger charge is 2.28. The van der Waals surface area contributed by atoms with Gasteiger partial charge in [0.05, 0.1) is 27.0 Å². The van der Waals surface area contributed by atoms with Crippen molar-refractivity contribution >= 4 is 48.9 Å². The van der Waals surface area contributed by atoms with E-state index in [9.17, 15) is 21.6 Å². The third-order valence-corrected chi connectivity index (χ3v) is 11.2. The smallest absolute Gasteiger partial charge is 0.264 e. The molecule has 1 heterocycles. The van der Waals surface area contributed by atoms with Crippen LogP contribution >= 0.6 is 11.6 Å². The second-order valence-electron chi connectivity index (χ2n) is 10.3. The van der Waals surface area contributed by atoms with Gasteiger partial charge in [-0.1, -0.05) is 79.0 Å². The van der Waals surface area contributed by atoms with Gasteiger partial charge >= 0.3 is 0 Å². The van der Waals surface area contributed by atoms with Gasteiger partial charge in [-0.3, -0.25) is 9.10 Å². The van der Waals surface area contributed by atoms with Gasteiger partial charge in [0.25, 0.3) is 15.9 Å². The zero-order chi connectivity index (χ0) is 30.5. The Labute approximate surface area is 258 Å². The summed E-state index contributed by atoms with van der Waals surface area (Å²) in [5.41, 5.74) is 1.46. The Hall–Kier alpha value is -3.70. The van der Waals surface area contributed by atoms with E-state index in [-0.39, 0.29) is 32.6 Å². The molecule has 0 atom stereocenters. The molecule has 0 aliphatic carbocycles. The summed E-state index contributed by atoms with van der Waals surface area (Å²) in [6.07, 6.45) is 3.63. The van der Waals surface area contributed by atoms with Gasteiger partial charge in [0.15, 0.2) is 0 Å². The number of anilines is 2. The molecule has 0 radical (unpaired) electrons. The number of hydrogen-bond donors (Lipinski definition) is 1. The van der Waals surface area contributed by atoms with Crippen molar-refractivity contribution in [2.45, 2.75) is 42.0 Å². The first-order chi connectivity index (χ1) is 20.7. The molecular weight excluding hydrogens is 606 g/mol. The highest BCUT2D eigenvalue weighted by molar-refractivity contribution is 7.92. The number of amides is 1. The summed E-state index contributed by atoms with van der Waals surface area (Å²) in [7, 11) is -7.87. The molecule has 1 amide bonds. The number of nitrogens with zero attached hydrogens (tertiary/aromatic N) is 2. The fourth-order valence-corrected chi connectivity index (χ4v) is 8.37. The predicted octanol–water partition coefficient (Wildman–Crippen LogP) is 6.55. The summed E-state index contributed by atoms with van der Waals surface area (Å²) in [6.45, 7) is 0.965. The van der Waals surface area contributed by atoms with Crippen LogP contribution in [0.3, 0.4) is 0 Å². The summed E-state index contributed by atoms with van der Waals surface area (Å²) < 4.78 is 57.3. The van der Waals surface area contributed by atoms with Gasteiger partial charge in [-0.25, -0.2) is 16.8 Å². The molecule has 5 rings (SSSR count). The topological polar surface area (TPSA) is 104 Å². The van der Waals surface area contributed by atoms with E-state index in [1.807, 2.05) is 30.3 Å². The van der Waals surface area contributed by atoms with Crippen molar-refractivity contribution in [1.29, 1.82) is 0 Å². The van der Waals surface area contributed by atoms with Crippen LogP contribution < -0.4 is 9.62 Å². The van der Waals surface area contributed by atoms with Crippen LogP contribution in [0.4, 0.5) is 11.4 Å². The number of carbonyl (C=O) groups excluding carboxylic acids is 1. The number of hydrogen-bond acceptors (Lipinski definition) is 5. The maximum atomic E-state index is 14.0. The van der Waals surface area contributed by atoms with E-state index in [1.54, 1.807) is 36.4 Å². The van der Waals surface area contributed by atoms with Crippen LogP contribution in [0.1, 0.15) is 41.6 Å². The zero-order valence-corrected chi connectivity index (χ0v) is 25.8. The lowest BCUT2D eigenvalue weighted by atomic mass is 10.2. The van der Waals surface area contributed by atoms with E-state index in [4.69, 9.17) is 11.6 Å². The van der Waals surface area contributed by atoms with Crippen molar-refractivity contribution in [3.63, 3.8) is 0 Å². The number of carbonyl (C=O) groups is 1. The SMILES string of the molecule is O=C(Nc1cccc(S(=O)(=O)N2CCCCCC2)c1)c1cccc(S(=O)(=O)N(Cc2ccccc2)c2ccccc2Cl)c1. The fraction of sp³-hybridized carbons (Fsp3) is 0.219. The second kappa shape index (κ2) is 13.3. The van der Waals surface area contributed by atoms with Gasteiger partial charge in [0.1, 0.15) is 0 Å². The average Bonchev–Trinajstić information content (AvgIpc) is 3.32. The van der Waals surface area contributed by atoms with Gasteiger partial charge in [-0.05, 0) is 66.9 Å². The lowest BCUT2D eigenvalue weighted by Crippen LogP contribution is -2.32. The molecular formula is C32H32ClN3O5S2. The monoisotopic (exact) mass is 637 g/mol. The standard InChI is InChI=1S/C32H32ClN3O5S2/c33-30-18-6-7-19-31(30)36(24-25-12-4-3-5-13-25)43(40,41)28-16-10-14-26(22-28)32(37)34-27-15-11-17-29(23-27)42(38,39)35-20-8-1-2-9-21-35/h3-7,10-19,22-23H,1-2,8-9,20-21,24H2,(H,34,37). The summed E-state index contributed by atoms with van der Waals surface area (Å²) >= 11 is 6.44. The molecule has 4 aromatic carbocycles. The summed E-state index contributed by atoms with van der Waals surface area (Å²) in [4.78, 5) is 13.3. The molecule has 8 nitrogen and oxygen atoms in total. The molecule has 0 spiro atoms. The van der Waals surface area contributed by atoms with Gasteiger partial charge in [0, 0.05) is 24.3 Å². The van der Waals surface area contributed by atoms with Crippen molar-refractivity contribution in [3.05, 3.63) is 119 Å². The first-order valence-corrected chi connectivity index (χ1v) is 17.2. The van der Waals surface area contributed by atoms with Crippen LogP contribution in [0.25, 0.3) is 0 Å². The molecule has 1 fully saturated rings. The largest absolute Gasteiger partial charge is 0.322 e. The third kappa shape index (κ3) is 7.10. The molecule has 224 valence electrons. The van der Waals surface area contributed by atoms with E-state index < -0.39 is 26.0 Å². The van der Waals surface area contributed by atoms with Crippen molar-refractivity contribution < 1.29 is 21.6 Å². The van der Waals surface area contributed by atoms with Crippen molar-refractivity contribution in [2.24, 2.45) is 0 Å². The number of halogens is 1. The predicted molar refractivity (Wildman–Crippen MR) is 169 cm³/mol. The normalized spacial score (nSPS) is 14.5. The lowest BCUT2D eigenvalue weighted by Gasteiger charge is -2.26. The average molecular weight is 638 g/mol. The minimum atomic E-state index is -4.16. The van der Waals surface area contributed by atoms with Crippen molar-refractivity contribution in [3.8, 4) is 0 Å². The molecule has 1 aliphatic heterocycles. The first-order valence-electron chi connectivity index (χ1n) is 14.0. The quantitative estimate of drug-likeness (QED) is 0.224. The van der Waals surface area contributed by atoms with Crippen LogP contribution in [0, 0.1) is 0 Å². The zero-order valence-electron chi connectivity index (χ0n) is 23.4. The van der Waals surface area contributed by atoms with Crippen molar-refractivity contribution in [2.75, 3.05) is 22.7 Å². The van der Waals surface area contributed by atoms with E-state index >= 15 is 0 Å². The van der Waals surface area contributed by atoms with E-state index in [0.717, 1.165) is 31.2 Å². The van der Waals surface area contributed by atoms with Gasteiger partial charge in [-0.15, -0.1) is 0 Å². The van der Waals surface area contributed by atoms with Crippen LogP contribution in [0.2, 0.25) is 5.02 Å². The Kier molecular flexibility index (Phi) is 9.51. The molecule has 1 N–H and O–H groups in total. The molecule has 4 aromatic rings. The molecule has 0 unspecified atom stereocenters. The number of rotatable bonds is 9. The Morgan fingerprint density at radius 3 is 2.12 bits per heavy atom. The molecule has 0 aromatic heterocycles. The maximum Gasteiger partial charge on any atom is 0.264 e. The van der Waals surface area contributed by atoms with Crippen LogP contribution in [-0.2, 0) is 26.6 Å². The van der Waals surface area contributed by atoms with Gasteiger partial charge in [0.2, 0.25) is 10.0 Å². The van der Waals surface area contributed by atoms with Gasteiger partial charge in [-0.2, -0.15) is 4.31 Å². The summed E-state index contributed by atoms with van der Waals surface area (Å²) in [6, 6.07) is 27.7. The Morgan fingerprint density at radius 2 is 1.40 bits per heavy atom. The van der Waals surface area contributed by atoms with E-state index in [2.05, 4.69) is 5.32 Å². The minimum absolute atomic E-state index is 0.0294. The Balaban J connectivity index is 1.41. The minimum Gasteiger partial charge on any atom is -0.322 e. The molecule has 0 bridgehead atoms. The number of para-hydroxylation sites is 1. The number of sulfonamides is 2. The Bertz CT molecular complexity index is 1810. The van der Waals surface area contributed by atoms with Crippen LogP contribution in [0.5, 0.6) is 0 Å². The molecule has 1 aliphatic rings. The fourth-order valence-electron chi connectivity index (χ4n) is 5.00. The number of benzene rings is 4. The molecule has 0 saturated carbocycles. The second-order valence-corrected chi connectivity index (χ2v) is 14.5. The van der Waals surface area contributed by atoms with Crippen LogP contribution in [-0.4, -0.2) is 40.1 Å². The first kappa shape index (κ1) is 30.7. The molecule has 1 saturated heterocycles. The van der Waals surface area contributed by atoms with Crippen molar-refractivity contribution in [1.82, 2.24) is 4.31 Å². The highest BCUT2D eigenvalue weighted by Crippen LogP contribution is 2.32. The van der Waals surface area contributed by atoms with Gasteiger partial charge < -0.3 is 5.32 Å². The number of nitrogens with one attached hydrogen (secondary N) is 1. The van der Waals surface area contributed by atoms with Crippen LogP contribution in [0.15, 0.2) is 113 Å². The lowest BCUT2D eigenvalue weighted by molar-refractivity contribution is 0.102. The highest BCUT2D eigenvalue weighted by atomic mass is 35.5. The summed E-state index contributed by atoms with van der Waals surface area (Å²) in [5, 5.41) is 2.99. The third-order valence-electron chi connectivity index (χ3n) is 7.27. The Morgan fingerprint density at radius 1 is 0.744 bits per heavy atom.